The molecular formula is C9H11N3O4. The molecule has 0 aliphatic carbocycles. The van der Waals surface area contributed by atoms with E-state index in [-0.39, 0.29) is 11.5 Å². The Morgan fingerprint density at radius 1 is 1.69 bits per heavy atom. The number of anilines is 1. The number of carbonyl (C=O) groups excluding carboxylic acids is 1. The molecule has 0 spiro atoms. The molecule has 1 rings (SSSR count). The smallest absolute Gasteiger partial charge is 0.328 e. The Kier molecular flexibility index (Phi) is 3.76. The van der Waals surface area contributed by atoms with Gasteiger partial charge in [-0.15, -0.1) is 0 Å². The first-order chi connectivity index (χ1) is 7.54. The van der Waals surface area contributed by atoms with Crippen molar-refractivity contribution in [3.63, 3.8) is 0 Å². The molecule has 86 valence electrons. The average Bonchev–Trinajstić information content (AvgIpc) is 2.28. The summed E-state index contributed by atoms with van der Waals surface area (Å²) in [7, 11) is 1.27. The van der Waals surface area contributed by atoms with E-state index in [4.69, 9.17) is 0 Å². The van der Waals surface area contributed by atoms with Gasteiger partial charge in [0.25, 0.3) is 5.69 Å². The van der Waals surface area contributed by atoms with Gasteiger partial charge in [-0.05, 0) is 6.92 Å². The predicted octanol–water partition coefficient (Wildman–Crippen LogP) is 0.963. The third-order valence-corrected chi connectivity index (χ3v) is 1.87. The van der Waals surface area contributed by atoms with Gasteiger partial charge in [0.1, 0.15) is 11.9 Å². The summed E-state index contributed by atoms with van der Waals surface area (Å²) in [5, 5.41) is 13.2. The maximum atomic E-state index is 11.1. The van der Waals surface area contributed by atoms with E-state index in [1.54, 1.807) is 6.92 Å². The van der Waals surface area contributed by atoms with Crippen LogP contribution >= 0.6 is 0 Å². The van der Waals surface area contributed by atoms with E-state index in [2.05, 4.69) is 15.0 Å². The normalized spacial score (nSPS) is 11.6. The molecule has 1 unspecified atom stereocenters. The monoisotopic (exact) mass is 225 g/mol. The Balaban J connectivity index is 2.78. The van der Waals surface area contributed by atoms with Gasteiger partial charge in [-0.25, -0.2) is 9.78 Å². The molecule has 7 nitrogen and oxygen atoms in total. The lowest BCUT2D eigenvalue weighted by atomic mass is 10.3. The van der Waals surface area contributed by atoms with Crippen molar-refractivity contribution in [1.82, 2.24) is 4.98 Å². The highest BCUT2D eigenvalue weighted by Crippen LogP contribution is 2.14. The molecule has 0 fully saturated rings. The first-order valence-electron chi connectivity index (χ1n) is 4.49. The molecule has 0 aromatic carbocycles. The second-order valence-electron chi connectivity index (χ2n) is 3.05. The summed E-state index contributed by atoms with van der Waals surface area (Å²) >= 11 is 0. The minimum Gasteiger partial charge on any atom is -0.467 e. The molecule has 1 aromatic heterocycles. The summed E-state index contributed by atoms with van der Waals surface area (Å²) in [5.41, 5.74) is -0.0884. The molecular weight excluding hydrogens is 214 g/mol. The van der Waals surface area contributed by atoms with Crippen molar-refractivity contribution in [3.05, 3.63) is 28.4 Å². The van der Waals surface area contributed by atoms with Gasteiger partial charge in [0.2, 0.25) is 0 Å². The molecule has 1 heterocycles. The van der Waals surface area contributed by atoms with Crippen molar-refractivity contribution in [2.75, 3.05) is 12.4 Å². The highest BCUT2D eigenvalue weighted by Gasteiger charge is 2.14. The van der Waals surface area contributed by atoms with Gasteiger partial charge in [0.15, 0.2) is 0 Å². The van der Waals surface area contributed by atoms with Gasteiger partial charge >= 0.3 is 5.97 Å². The highest BCUT2D eigenvalue weighted by molar-refractivity contribution is 5.78. The van der Waals surface area contributed by atoms with E-state index >= 15 is 0 Å². The maximum absolute atomic E-state index is 11.1. The highest BCUT2D eigenvalue weighted by atomic mass is 16.6. The number of hydrogen-bond acceptors (Lipinski definition) is 6. The SMILES string of the molecule is COC(=O)C(C)Nc1cc([N+](=O)[O-])ccn1. The fourth-order valence-corrected chi connectivity index (χ4v) is 1.07. The van der Waals surface area contributed by atoms with Gasteiger partial charge in [-0.3, -0.25) is 10.1 Å². The number of pyridine rings is 1. The molecule has 1 atom stereocenters. The third-order valence-electron chi connectivity index (χ3n) is 1.87. The van der Waals surface area contributed by atoms with Crippen LogP contribution in [0.3, 0.4) is 0 Å². The second-order valence-corrected chi connectivity index (χ2v) is 3.05. The van der Waals surface area contributed by atoms with Gasteiger partial charge in [0.05, 0.1) is 18.1 Å². The largest absolute Gasteiger partial charge is 0.467 e. The maximum Gasteiger partial charge on any atom is 0.328 e. The van der Waals surface area contributed by atoms with Gasteiger partial charge in [0, 0.05) is 12.3 Å². The number of hydrogen-bond donors (Lipinski definition) is 1. The Bertz CT molecular complexity index is 407. The Morgan fingerprint density at radius 3 is 2.94 bits per heavy atom. The molecule has 0 bridgehead atoms. The summed E-state index contributed by atoms with van der Waals surface area (Å²) in [6, 6.07) is 1.91. The number of nitrogens with zero attached hydrogens (tertiary/aromatic N) is 2. The van der Waals surface area contributed by atoms with Crippen molar-refractivity contribution in [1.29, 1.82) is 0 Å². The lowest BCUT2D eigenvalue weighted by Crippen LogP contribution is -2.27. The number of methoxy groups -OCH3 is 1. The van der Waals surface area contributed by atoms with Gasteiger partial charge in [-0.2, -0.15) is 0 Å². The zero-order valence-electron chi connectivity index (χ0n) is 8.84. The predicted molar refractivity (Wildman–Crippen MR) is 56.0 cm³/mol. The number of nitrogens with one attached hydrogen (secondary N) is 1. The van der Waals surface area contributed by atoms with Crippen molar-refractivity contribution in [3.8, 4) is 0 Å². The molecule has 0 amide bonds. The fraction of sp³-hybridized carbons (Fsp3) is 0.333. The van der Waals surface area contributed by atoms with Crippen molar-refractivity contribution >= 4 is 17.5 Å². The number of carbonyl (C=O) groups is 1. The van der Waals surface area contributed by atoms with Crippen LogP contribution in [0.5, 0.6) is 0 Å². The first kappa shape index (κ1) is 11.9. The fourth-order valence-electron chi connectivity index (χ4n) is 1.07. The average molecular weight is 225 g/mol. The van der Waals surface area contributed by atoms with Crippen LogP contribution in [0.25, 0.3) is 0 Å². The molecule has 0 saturated carbocycles. The zero-order chi connectivity index (χ0) is 12.1. The topological polar surface area (TPSA) is 94.4 Å². The van der Waals surface area contributed by atoms with Crippen LogP contribution in [0, 0.1) is 10.1 Å². The van der Waals surface area contributed by atoms with Crippen LogP contribution in [0.15, 0.2) is 18.3 Å². The van der Waals surface area contributed by atoms with E-state index < -0.39 is 16.9 Å². The molecule has 0 aliphatic rings. The minimum absolute atomic E-state index is 0.0884. The standard InChI is InChI=1S/C9H11N3O4/c1-6(9(13)16-2)11-8-5-7(12(14)15)3-4-10-8/h3-6H,1-2H3,(H,10,11). The molecule has 1 aromatic rings. The van der Waals surface area contributed by atoms with Gasteiger partial charge < -0.3 is 10.1 Å². The van der Waals surface area contributed by atoms with E-state index in [0.717, 1.165) is 0 Å². The zero-order valence-corrected chi connectivity index (χ0v) is 8.84. The summed E-state index contributed by atoms with van der Waals surface area (Å²) in [5.74, 6) is -0.208. The Morgan fingerprint density at radius 2 is 2.38 bits per heavy atom. The van der Waals surface area contributed by atoms with Crippen LogP contribution < -0.4 is 5.32 Å². The second kappa shape index (κ2) is 5.06. The lowest BCUT2D eigenvalue weighted by Gasteiger charge is -2.11. The molecule has 16 heavy (non-hydrogen) atoms. The summed E-state index contributed by atoms with van der Waals surface area (Å²) in [4.78, 5) is 24.9. The first-order valence-corrected chi connectivity index (χ1v) is 4.49. The van der Waals surface area contributed by atoms with Crippen molar-refractivity contribution < 1.29 is 14.5 Å². The van der Waals surface area contributed by atoms with Crippen molar-refractivity contribution in [2.24, 2.45) is 0 Å². The molecule has 7 heteroatoms. The van der Waals surface area contributed by atoms with E-state index in [1.807, 2.05) is 0 Å². The van der Waals surface area contributed by atoms with E-state index in [1.165, 1.54) is 25.4 Å². The van der Waals surface area contributed by atoms with Crippen LogP contribution in [0.1, 0.15) is 6.92 Å². The quantitative estimate of drug-likeness (QED) is 0.466. The van der Waals surface area contributed by atoms with Gasteiger partial charge in [-0.1, -0.05) is 0 Å². The van der Waals surface area contributed by atoms with Crippen LogP contribution in [-0.2, 0) is 9.53 Å². The molecule has 0 aliphatic heterocycles. The third kappa shape index (κ3) is 2.91. The number of esters is 1. The van der Waals surface area contributed by atoms with E-state index in [9.17, 15) is 14.9 Å². The summed E-state index contributed by atoms with van der Waals surface area (Å²) in [6.45, 7) is 1.58. The molecule has 0 radical (unpaired) electrons. The van der Waals surface area contributed by atoms with E-state index in [0.29, 0.717) is 0 Å². The summed E-state index contributed by atoms with van der Waals surface area (Å²) in [6.07, 6.45) is 1.30. The number of nitro groups is 1. The number of ether oxygens (including phenoxy) is 1. The molecule has 0 saturated heterocycles. The number of rotatable bonds is 4. The van der Waals surface area contributed by atoms with Crippen LogP contribution in [0.2, 0.25) is 0 Å². The Labute approximate surface area is 91.6 Å². The lowest BCUT2D eigenvalue weighted by molar-refractivity contribution is -0.384. The molecule has 1 N–H and O–H groups in total. The van der Waals surface area contributed by atoms with Crippen molar-refractivity contribution in [2.45, 2.75) is 13.0 Å². The van der Waals surface area contributed by atoms with Crippen LogP contribution in [0.4, 0.5) is 11.5 Å². The Hall–Kier alpha value is -2.18. The minimum atomic E-state index is -0.612. The summed E-state index contributed by atoms with van der Waals surface area (Å²) < 4.78 is 4.50. The van der Waals surface area contributed by atoms with Crippen LogP contribution in [-0.4, -0.2) is 29.0 Å². The number of aromatic nitrogens is 1.